The zero-order chi connectivity index (χ0) is 13.5. The maximum atomic E-state index is 13.3. The highest BCUT2D eigenvalue weighted by Crippen LogP contribution is 2.53. The molecular formula is C9H5F7O. The third-order valence-corrected chi connectivity index (χ3v) is 2.05. The van der Waals surface area contributed by atoms with Crippen LogP contribution in [-0.4, -0.2) is 17.5 Å². The second-order valence-corrected chi connectivity index (χ2v) is 3.20. The number of phenols is 1. The van der Waals surface area contributed by atoms with Gasteiger partial charge in [-0.05, 0) is 12.1 Å². The lowest BCUT2D eigenvalue weighted by Gasteiger charge is -2.30. The molecule has 1 nitrogen and oxygen atoms in total. The molecule has 0 atom stereocenters. The number of rotatable bonds is 1. The zero-order valence-electron chi connectivity index (χ0n) is 7.90. The first-order chi connectivity index (χ1) is 7.50. The number of halogens is 7. The molecule has 17 heavy (non-hydrogen) atoms. The van der Waals surface area contributed by atoms with E-state index in [1.54, 1.807) is 0 Å². The Kier molecular flexibility index (Phi) is 3.02. The molecule has 8 heteroatoms. The summed E-state index contributed by atoms with van der Waals surface area (Å²) >= 11 is 0. The monoisotopic (exact) mass is 262 g/mol. The van der Waals surface area contributed by atoms with E-state index in [0.717, 1.165) is 0 Å². The third kappa shape index (κ3) is 2.16. The van der Waals surface area contributed by atoms with E-state index in [9.17, 15) is 30.7 Å². The lowest BCUT2D eigenvalue weighted by Crippen LogP contribution is -2.50. The van der Waals surface area contributed by atoms with Crippen molar-refractivity contribution in [1.82, 2.24) is 0 Å². The summed E-state index contributed by atoms with van der Waals surface area (Å²) in [5.41, 5.74) is -7.08. The van der Waals surface area contributed by atoms with Crippen LogP contribution in [-0.2, 0) is 5.67 Å². The lowest BCUT2D eigenvalue weighted by atomic mass is 9.94. The molecule has 0 bridgehead atoms. The summed E-state index contributed by atoms with van der Waals surface area (Å²) < 4.78 is 86.7. The van der Waals surface area contributed by atoms with Gasteiger partial charge in [0.2, 0.25) is 0 Å². The van der Waals surface area contributed by atoms with Crippen molar-refractivity contribution < 1.29 is 35.8 Å². The second-order valence-electron chi connectivity index (χ2n) is 3.20. The van der Waals surface area contributed by atoms with E-state index in [2.05, 4.69) is 0 Å². The highest BCUT2D eigenvalue weighted by atomic mass is 19.4. The van der Waals surface area contributed by atoms with Crippen LogP contribution in [0.4, 0.5) is 30.7 Å². The third-order valence-electron chi connectivity index (χ3n) is 2.05. The Morgan fingerprint density at radius 3 is 1.35 bits per heavy atom. The zero-order valence-corrected chi connectivity index (χ0v) is 7.90. The topological polar surface area (TPSA) is 20.2 Å². The van der Waals surface area contributed by atoms with Crippen LogP contribution in [0.25, 0.3) is 0 Å². The number of alkyl halides is 7. The number of aromatic hydroxyl groups is 1. The van der Waals surface area contributed by atoms with Gasteiger partial charge in [-0.2, -0.15) is 26.3 Å². The molecule has 1 aromatic rings. The quantitative estimate of drug-likeness (QED) is 0.765. The molecule has 0 aliphatic rings. The van der Waals surface area contributed by atoms with Crippen molar-refractivity contribution in [2.24, 2.45) is 0 Å². The molecule has 0 unspecified atom stereocenters. The molecule has 0 aliphatic carbocycles. The molecule has 1 rings (SSSR count). The maximum absolute atomic E-state index is 13.3. The Balaban J connectivity index is 3.41. The van der Waals surface area contributed by atoms with Gasteiger partial charge < -0.3 is 5.11 Å². The predicted molar refractivity (Wildman–Crippen MR) is 43.0 cm³/mol. The van der Waals surface area contributed by atoms with E-state index in [1.165, 1.54) is 0 Å². The van der Waals surface area contributed by atoms with E-state index in [-0.39, 0.29) is 12.1 Å². The van der Waals surface area contributed by atoms with Crippen molar-refractivity contribution in [3.05, 3.63) is 29.8 Å². The Morgan fingerprint density at radius 2 is 1.06 bits per heavy atom. The Labute approximate surface area is 90.5 Å². The molecule has 1 aromatic carbocycles. The van der Waals surface area contributed by atoms with Gasteiger partial charge in [-0.15, -0.1) is 0 Å². The van der Waals surface area contributed by atoms with Gasteiger partial charge in [0.1, 0.15) is 5.75 Å². The Hall–Kier alpha value is -1.47. The van der Waals surface area contributed by atoms with E-state index < -0.39 is 29.3 Å². The fourth-order valence-electron chi connectivity index (χ4n) is 1.18. The van der Waals surface area contributed by atoms with Gasteiger partial charge in [0.15, 0.2) is 0 Å². The Bertz CT molecular complexity index is 375. The van der Waals surface area contributed by atoms with E-state index in [0.29, 0.717) is 12.1 Å². The minimum atomic E-state index is -6.14. The highest BCUT2D eigenvalue weighted by molar-refractivity contribution is 5.32. The summed E-state index contributed by atoms with van der Waals surface area (Å²) in [4.78, 5) is 0. The number of hydrogen-bond donors (Lipinski definition) is 1. The first-order valence-corrected chi connectivity index (χ1v) is 4.12. The summed E-state index contributed by atoms with van der Waals surface area (Å²) in [5, 5.41) is 8.74. The van der Waals surface area contributed by atoms with Crippen LogP contribution >= 0.6 is 0 Å². The standard InChI is InChI=1S/C9H5F7O/c10-7(8(11,12)13,9(14,15)16)5-1-3-6(17)4-2-5/h1-4,17H. The molecule has 0 radical (unpaired) electrons. The van der Waals surface area contributed by atoms with Crippen LogP contribution in [0.5, 0.6) is 5.75 Å². The van der Waals surface area contributed by atoms with Crippen LogP contribution in [0, 0.1) is 0 Å². The average Bonchev–Trinajstić information content (AvgIpc) is 2.14. The van der Waals surface area contributed by atoms with Crippen LogP contribution in [0.3, 0.4) is 0 Å². The fraction of sp³-hybridized carbons (Fsp3) is 0.333. The highest BCUT2D eigenvalue weighted by Gasteiger charge is 2.73. The average molecular weight is 262 g/mol. The summed E-state index contributed by atoms with van der Waals surface area (Å²) in [6, 6.07) is 1.55. The second kappa shape index (κ2) is 3.78. The van der Waals surface area contributed by atoms with Gasteiger partial charge in [0, 0.05) is 5.56 Å². The van der Waals surface area contributed by atoms with Gasteiger partial charge in [-0.3, -0.25) is 0 Å². The van der Waals surface area contributed by atoms with Gasteiger partial charge in [-0.25, -0.2) is 4.39 Å². The number of hydrogen-bond acceptors (Lipinski definition) is 1. The van der Waals surface area contributed by atoms with Crippen molar-refractivity contribution in [1.29, 1.82) is 0 Å². The van der Waals surface area contributed by atoms with E-state index in [4.69, 9.17) is 5.11 Å². The fourth-order valence-corrected chi connectivity index (χ4v) is 1.18. The molecule has 0 aromatic heterocycles. The smallest absolute Gasteiger partial charge is 0.435 e. The maximum Gasteiger partial charge on any atom is 0.435 e. The van der Waals surface area contributed by atoms with Crippen molar-refractivity contribution in [3.63, 3.8) is 0 Å². The summed E-state index contributed by atoms with van der Waals surface area (Å²) in [6.07, 6.45) is -12.3. The minimum absolute atomic E-state index is 0.232. The van der Waals surface area contributed by atoms with E-state index in [1.807, 2.05) is 0 Å². The molecule has 0 spiro atoms. The number of benzene rings is 1. The molecular weight excluding hydrogens is 257 g/mol. The Morgan fingerprint density at radius 1 is 0.706 bits per heavy atom. The van der Waals surface area contributed by atoms with Crippen LogP contribution in [0.1, 0.15) is 5.56 Å². The largest absolute Gasteiger partial charge is 0.508 e. The van der Waals surface area contributed by atoms with Gasteiger partial charge >= 0.3 is 18.0 Å². The van der Waals surface area contributed by atoms with Gasteiger partial charge in [0.05, 0.1) is 0 Å². The van der Waals surface area contributed by atoms with Crippen LogP contribution < -0.4 is 0 Å². The molecule has 0 saturated carbocycles. The van der Waals surface area contributed by atoms with Crippen molar-refractivity contribution in [2.75, 3.05) is 0 Å². The van der Waals surface area contributed by atoms with Crippen molar-refractivity contribution in [3.8, 4) is 5.75 Å². The molecule has 1 N–H and O–H groups in total. The van der Waals surface area contributed by atoms with Gasteiger partial charge in [-0.1, -0.05) is 12.1 Å². The predicted octanol–water partition coefficient (Wildman–Crippen LogP) is 3.68. The SMILES string of the molecule is Oc1ccc(C(F)(C(F)(F)F)C(F)(F)F)cc1. The number of phenolic OH excluding ortho intramolecular Hbond substituents is 1. The van der Waals surface area contributed by atoms with Crippen LogP contribution in [0.15, 0.2) is 24.3 Å². The molecule has 0 amide bonds. The molecule has 0 heterocycles. The molecule has 0 saturated heterocycles. The molecule has 96 valence electrons. The summed E-state index contributed by atoms with van der Waals surface area (Å²) in [6.45, 7) is 0. The van der Waals surface area contributed by atoms with E-state index >= 15 is 0 Å². The minimum Gasteiger partial charge on any atom is -0.508 e. The lowest BCUT2D eigenvalue weighted by molar-refractivity contribution is -0.348. The van der Waals surface area contributed by atoms with Crippen molar-refractivity contribution >= 4 is 0 Å². The molecule has 0 aliphatic heterocycles. The normalized spacial score (nSPS) is 13.8. The first-order valence-electron chi connectivity index (χ1n) is 4.12. The van der Waals surface area contributed by atoms with Crippen molar-refractivity contribution in [2.45, 2.75) is 18.0 Å². The first kappa shape index (κ1) is 13.6. The summed E-state index contributed by atoms with van der Waals surface area (Å²) in [5.74, 6) is -0.569. The summed E-state index contributed by atoms with van der Waals surface area (Å²) in [7, 11) is 0. The molecule has 0 fully saturated rings. The van der Waals surface area contributed by atoms with Crippen LogP contribution in [0.2, 0.25) is 0 Å². The van der Waals surface area contributed by atoms with Gasteiger partial charge in [0.25, 0.3) is 0 Å².